The molecule has 0 saturated heterocycles. The molecule has 0 unspecified atom stereocenters. The van der Waals surface area contributed by atoms with Crippen molar-refractivity contribution in [1.29, 1.82) is 0 Å². The lowest BCUT2D eigenvalue weighted by Gasteiger charge is -2.18. The van der Waals surface area contributed by atoms with Gasteiger partial charge in [0.1, 0.15) is 11.2 Å². The number of nitrogens with zero attached hydrogens (tertiary/aromatic N) is 4. The molecule has 3 heterocycles. The number of anilines is 1. The van der Waals surface area contributed by atoms with E-state index in [1.165, 1.54) is 16.9 Å². The van der Waals surface area contributed by atoms with Gasteiger partial charge in [0.2, 0.25) is 5.95 Å². The van der Waals surface area contributed by atoms with E-state index in [1.54, 1.807) is 22.2 Å². The number of fused-ring (bicyclic) bond motifs is 5. The van der Waals surface area contributed by atoms with E-state index in [0.29, 0.717) is 24.8 Å². The summed E-state index contributed by atoms with van der Waals surface area (Å²) in [7, 11) is 0. The molecule has 0 aromatic carbocycles. The number of hydrogen-bond donors (Lipinski definition) is 2. The Hall–Kier alpha value is -1.73. The van der Waals surface area contributed by atoms with Crippen LogP contribution in [0.3, 0.4) is 0 Å². The first kappa shape index (κ1) is 14.8. The van der Waals surface area contributed by atoms with Crippen molar-refractivity contribution in [3.8, 4) is 0 Å². The van der Waals surface area contributed by atoms with Crippen LogP contribution < -0.4 is 5.32 Å². The second kappa shape index (κ2) is 5.72. The zero-order valence-corrected chi connectivity index (χ0v) is 14.2. The molecule has 1 aliphatic carbocycles. The van der Waals surface area contributed by atoms with Crippen molar-refractivity contribution in [3.05, 3.63) is 16.8 Å². The monoisotopic (exact) mass is 331 g/mol. The van der Waals surface area contributed by atoms with Gasteiger partial charge in [0.05, 0.1) is 11.5 Å². The van der Waals surface area contributed by atoms with Gasteiger partial charge < -0.3 is 10.4 Å². The minimum atomic E-state index is -0.386. The van der Waals surface area contributed by atoms with E-state index in [0.717, 1.165) is 28.7 Å². The van der Waals surface area contributed by atoms with Gasteiger partial charge in [-0.05, 0) is 37.2 Å². The average Bonchev–Trinajstić information content (AvgIpc) is 3.15. The van der Waals surface area contributed by atoms with Gasteiger partial charge >= 0.3 is 0 Å². The summed E-state index contributed by atoms with van der Waals surface area (Å²) in [6, 6.07) is 0. The molecule has 1 aliphatic rings. The van der Waals surface area contributed by atoms with Crippen LogP contribution in [-0.2, 0) is 12.8 Å². The maximum absolute atomic E-state index is 9.78. The number of aliphatic hydroxyl groups excluding tert-OH is 1. The summed E-state index contributed by atoms with van der Waals surface area (Å²) in [6.07, 6.45) is 5.38. The van der Waals surface area contributed by atoms with Gasteiger partial charge in [-0.3, -0.25) is 0 Å². The summed E-state index contributed by atoms with van der Waals surface area (Å²) in [5.74, 6) is 1.37. The summed E-state index contributed by atoms with van der Waals surface area (Å²) in [5, 5.41) is 18.5. The number of aliphatic hydroxyl groups is 1. The summed E-state index contributed by atoms with van der Waals surface area (Å²) >= 11 is 1.78. The van der Waals surface area contributed by atoms with Crippen molar-refractivity contribution < 1.29 is 5.11 Å². The highest BCUT2D eigenvalue weighted by molar-refractivity contribution is 7.19. The Labute approximate surface area is 138 Å². The van der Waals surface area contributed by atoms with Crippen molar-refractivity contribution in [3.63, 3.8) is 0 Å². The molecule has 6 nitrogen and oxygen atoms in total. The van der Waals surface area contributed by atoms with Crippen LogP contribution in [0, 0.1) is 5.92 Å². The highest BCUT2D eigenvalue weighted by Gasteiger charge is 2.24. The first-order valence-corrected chi connectivity index (χ1v) is 9.05. The molecule has 3 aromatic heterocycles. The molecule has 122 valence electrons. The van der Waals surface area contributed by atoms with Gasteiger partial charge in [-0.2, -0.15) is 9.61 Å². The Balaban J connectivity index is 1.84. The maximum atomic E-state index is 9.78. The maximum Gasteiger partial charge on any atom is 0.227 e. The predicted octanol–water partition coefficient (Wildman–Crippen LogP) is 2.65. The standard InChI is InChI=1S/C16H21N5OS/c1-3-10(22)7-17-16-20-15-13(14-18-8-19-21(14)16)11-6-9(2)4-5-12(11)23-15/h8-10,22H,3-7H2,1-2H3,(H,17,20)/t9-,10+/m0/s1. The predicted molar refractivity (Wildman–Crippen MR) is 92.1 cm³/mol. The van der Waals surface area contributed by atoms with Crippen molar-refractivity contribution in [2.45, 2.75) is 45.6 Å². The van der Waals surface area contributed by atoms with Crippen LogP contribution in [0.4, 0.5) is 5.95 Å². The van der Waals surface area contributed by atoms with Crippen LogP contribution in [0.2, 0.25) is 0 Å². The largest absolute Gasteiger partial charge is 0.391 e. The highest BCUT2D eigenvalue weighted by Crippen LogP contribution is 2.39. The molecule has 23 heavy (non-hydrogen) atoms. The van der Waals surface area contributed by atoms with E-state index in [9.17, 15) is 5.11 Å². The number of nitrogens with one attached hydrogen (secondary N) is 1. The van der Waals surface area contributed by atoms with Crippen LogP contribution in [0.1, 0.15) is 37.1 Å². The molecule has 0 radical (unpaired) electrons. The SMILES string of the molecule is CC[C@@H](O)CNc1nc2sc3c(c2c2ncnn12)C[C@@H](C)CC3. The van der Waals surface area contributed by atoms with E-state index >= 15 is 0 Å². The average molecular weight is 331 g/mol. The number of aromatic nitrogens is 4. The van der Waals surface area contributed by atoms with Crippen LogP contribution in [0.5, 0.6) is 0 Å². The Bertz CT molecular complexity index is 855. The van der Waals surface area contributed by atoms with Crippen molar-refractivity contribution in [2.75, 3.05) is 11.9 Å². The fourth-order valence-electron chi connectivity index (χ4n) is 3.23. The van der Waals surface area contributed by atoms with Gasteiger partial charge in [0.25, 0.3) is 0 Å². The van der Waals surface area contributed by atoms with Gasteiger partial charge in [-0.1, -0.05) is 13.8 Å². The van der Waals surface area contributed by atoms with E-state index in [1.807, 2.05) is 6.92 Å². The van der Waals surface area contributed by atoms with Crippen molar-refractivity contribution in [2.24, 2.45) is 5.92 Å². The van der Waals surface area contributed by atoms with Crippen LogP contribution in [-0.4, -0.2) is 37.3 Å². The highest BCUT2D eigenvalue weighted by atomic mass is 32.1. The molecule has 4 rings (SSSR count). The molecular weight excluding hydrogens is 310 g/mol. The normalized spacial score (nSPS) is 19.2. The third-order valence-electron chi connectivity index (χ3n) is 4.64. The van der Waals surface area contributed by atoms with E-state index < -0.39 is 0 Å². The van der Waals surface area contributed by atoms with Crippen LogP contribution >= 0.6 is 11.3 Å². The molecule has 0 bridgehead atoms. The minimum absolute atomic E-state index is 0.386. The molecule has 0 amide bonds. The topological polar surface area (TPSA) is 75.3 Å². The van der Waals surface area contributed by atoms with Crippen molar-refractivity contribution >= 4 is 33.1 Å². The minimum Gasteiger partial charge on any atom is -0.391 e. The lowest BCUT2D eigenvalue weighted by molar-refractivity contribution is 0.183. The Morgan fingerprint density at radius 3 is 3.22 bits per heavy atom. The molecule has 7 heteroatoms. The zero-order chi connectivity index (χ0) is 16.0. The number of aryl methyl sites for hydroxylation is 1. The summed E-state index contributed by atoms with van der Waals surface area (Å²) in [5.41, 5.74) is 2.28. The number of rotatable bonds is 4. The fourth-order valence-corrected chi connectivity index (χ4v) is 4.44. The summed E-state index contributed by atoms with van der Waals surface area (Å²) < 4.78 is 1.76. The smallest absolute Gasteiger partial charge is 0.227 e. The summed E-state index contributed by atoms with van der Waals surface area (Å²) in [4.78, 5) is 11.7. The molecule has 2 N–H and O–H groups in total. The Morgan fingerprint density at radius 2 is 2.39 bits per heavy atom. The van der Waals surface area contributed by atoms with Crippen LogP contribution in [0.15, 0.2) is 6.33 Å². The van der Waals surface area contributed by atoms with Gasteiger partial charge in [0, 0.05) is 11.4 Å². The van der Waals surface area contributed by atoms with Crippen LogP contribution in [0.25, 0.3) is 15.9 Å². The second-order valence-corrected chi connectivity index (χ2v) is 7.49. The third-order valence-corrected chi connectivity index (χ3v) is 5.82. The molecule has 0 fully saturated rings. The van der Waals surface area contributed by atoms with Gasteiger partial charge in [-0.25, -0.2) is 9.97 Å². The van der Waals surface area contributed by atoms with Gasteiger partial charge in [-0.15, -0.1) is 11.3 Å². The quantitative estimate of drug-likeness (QED) is 0.769. The number of hydrogen-bond acceptors (Lipinski definition) is 6. The fraction of sp³-hybridized carbons (Fsp3) is 0.562. The lowest BCUT2D eigenvalue weighted by atomic mass is 9.89. The molecule has 0 saturated carbocycles. The number of thiophene rings is 1. The van der Waals surface area contributed by atoms with E-state index in [4.69, 9.17) is 4.98 Å². The molecule has 0 aliphatic heterocycles. The Kier molecular flexibility index (Phi) is 3.69. The van der Waals surface area contributed by atoms with E-state index in [2.05, 4.69) is 22.3 Å². The molecule has 2 atom stereocenters. The first-order valence-electron chi connectivity index (χ1n) is 8.23. The zero-order valence-electron chi connectivity index (χ0n) is 13.4. The third kappa shape index (κ3) is 2.48. The molecule has 0 spiro atoms. The summed E-state index contributed by atoms with van der Waals surface area (Å²) in [6.45, 7) is 4.73. The van der Waals surface area contributed by atoms with E-state index in [-0.39, 0.29) is 6.10 Å². The second-order valence-electron chi connectivity index (χ2n) is 6.41. The van der Waals surface area contributed by atoms with Crippen molar-refractivity contribution in [1.82, 2.24) is 19.6 Å². The lowest BCUT2D eigenvalue weighted by Crippen LogP contribution is -2.20. The van der Waals surface area contributed by atoms with Gasteiger partial charge in [0.15, 0.2) is 5.65 Å². The first-order chi connectivity index (χ1) is 11.2. The molecular formula is C16H21N5OS. The Morgan fingerprint density at radius 1 is 1.52 bits per heavy atom. The molecule has 3 aromatic rings.